The zero-order chi connectivity index (χ0) is 13.6. The van der Waals surface area contributed by atoms with Gasteiger partial charge in [-0.3, -0.25) is 0 Å². The predicted octanol–water partition coefficient (Wildman–Crippen LogP) is 3.13. The highest BCUT2D eigenvalue weighted by molar-refractivity contribution is 7.09. The van der Waals surface area contributed by atoms with Gasteiger partial charge in [0.15, 0.2) is 0 Å². The minimum Gasteiger partial charge on any atom is -0.369 e. The summed E-state index contributed by atoms with van der Waals surface area (Å²) in [6, 6.07) is 3.18. The van der Waals surface area contributed by atoms with E-state index in [9.17, 15) is 4.39 Å². The van der Waals surface area contributed by atoms with Crippen molar-refractivity contribution in [2.45, 2.75) is 19.9 Å². The zero-order valence-electron chi connectivity index (χ0n) is 10.6. The number of rotatable bonds is 2. The van der Waals surface area contributed by atoms with Crippen LogP contribution in [-0.2, 0) is 0 Å². The van der Waals surface area contributed by atoms with E-state index < -0.39 is 0 Å². The maximum atomic E-state index is 13.6. The molecule has 0 fully saturated rings. The molecule has 1 aromatic carbocycles. The van der Waals surface area contributed by atoms with E-state index in [4.69, 9.17) is 5.73 Å². The molecule has 0 saturated carbocycles. The Morgan fingerprint density at radius 2 is 2.21 bits per heavy atom. The number of nitrogens with zero attached hydrogens (tertiary/aromatic N) is 3. The van der Waals surface area contributed by atoms with Crippen LogP contribution in [0.5, 0.6) is 0 Å². The topological polar surface area (TPSA) is 56.7 Å². The minimum atomic E-state index is -0.265. The minimum absolute atomic E-state index is 0.0186. The van der Waals surface area contributed by atoms with Gasteiger partial charge in [0.1, 0.15) is 10.8 Å². The molecule has 19 heavy (non-hydrogen) atoms. The highest BCUT2D eigenvalue weighted by Gasteiger charge is 2.18. The molecule has 0 amide bonds. The van der Waals surface area contributed by atoms with E-state index in [1.54, 1.807) is 30.5 Å². The molecule has 0 saturated heterocycles. The third-order valence-electron chi connectivity index (χ3n) is 3.19. The lowest BCUT2D eigenvalue weighted by Crippen LogP contribution is -2.09. The molecule has 98 valence electrons. The van der Waals surface area contributed by atoms with E-state index >= 15 is 0 Å². The first-order valence-corrected chi connectivity index (χ1v) is 6.79. The second kappa shape index (κ2) is 4.31. The molecule has 4 nitrogen and oxygen atoms in total. The Kier molecular flexibility index (Phi) is 2.74. The van der Waals surface area contributed by atoms with Crippen LogP contribution < -0.4 is 5.73 Å². The summed E-state index contributed by atoms with van der Waals surface area (Å²) < 4.78 is 15.5. The summed E-state index contributed by atoms with van der Waals surface area (Å²) in [4.78, 5) is 8.52. The van der Waals surface area contributed by atoms with Gasteiger partial charge in [-0.05, 0) is 25.5 Å². The van der Waals surface area contributed by atoms with E-state index in [1.807, 2.05) is 16.9 Å². The predicted molar refractivity (Wildman–Crippen MR) is 74.8 cm³/mol. The third-order valence-corrected chi connectivity index (χ3v) is 4.14. The molecule has 0 aliphatic rings. The van der Waals surface area contributed by atoms with Gasteiger partial charge in [0.05, 0.1) is 17.1 Å². The number of aromatic nitrogens is 3. The molecular weight excluding hydrogens is 263 g/mol. The first-order valence-electron chi connectivity index (χ1n) is 5.91. The van der Waals surface area contributed by atoms with Gasteiger partial charge in [0, 0.05) is 17.6 Å². The molecule has 2 aromatic heterocycles. The Morgan fingerprint density at radius 1 is 1.42 bits per heavy atom. The van der Waals surface area contributed by atoms with Crippen LogP contribution in [0.25, 0.3) is 11.0 Å². The van der Waals surface area contributed by atoms with Crippen LogP contribution in [0.1, 0.15) is 23.5 Å². The van der Waals surface area contributed by atoms with Crippen molar-refractivity contribution < 1.29 is 4.39 Å². The van der Waals surface area contributed by atoms with Crippen LogP contribution in [0.4, 0.5) is 10.3 Å². The maximum absolute atomic E-state index is 13.6. The number of hydrogen-bond donors (Lipinski definition) is 1. The van der Waals surface area contributed by atoms with Crippen molar-refractivity contribution in [3.8, 4) is 0 Å². The molecule has 0 spiro atoms. The van der Waals surface area contributed by atoms with Gasteiger partial charge >= 0.3 is 0 Å². The number of nitrogens with two attached hydrogens (primary N) is 1. The lowest BCUT2D eigenvalue weighted by atomic mass is 10.2. The van der Waals surface area contributed by atoms with Crippen molar-refractivity contribution in [1.82, 2.24) is 14.5 Å². The number of aryl methyl sites for hydroxylation is 1. The summed E-state index contributed by atoms with van der Waals surface area (Å²) in [6.07, 6.45) is 1.76. The number of hydrogen-bond acceptors (Lipinski definition) is 4. The number of fused-ring (bicyclic) bond motifs is 1. The second-order valence-corrected chi connectivity index (χ2v) is 5.40. The standard InChI is InChI=1S/C13H13FN4S/c1-7-5-11-10(6-9(7)14)17-13(15)18(11)8(2)12-16-3-4-19-12/h3-6,8H,1-2H3,(H2,15,17). The van der Waals surface area contributed by atoms with Crippen molar-refractivity contribution in [1.29, 1.82) is 0 Å². The molecule has 0 radical (unpaired) electrons. The van der Waals surface area contributed by atoms with Gasteiger partial charge in [0.25, 0.3) is 0 Å². The lowest BCUT2D eigenvalue weighted by Gasteiger charge is -2.13. The van der Waals surface area contributed by atoms with Crippen molar-refractivity contribution in [3.63, 3.8) is 0 Å². The van der Waals surface area contributed by atoms with Crippen molar-refractivity contribution in [2.24, 2.45) is 0 Å². The van der Waals surface area contributed by atoms with Gasteiger partial charge in [-0.2, -0.15) is 0 Å². The molecule has 1 atom stereocenters. The number of halogens is 1. The van der Waals surface area contributed by atoms with Crippen molar-refractivity contribution >= 4 is 28.3 Å². The van der Waals surface area contributed by atoms with Crippen LogP contribution in [0.2, 0.25) is 0 Å². The van der Waals surface area contributed by atoms with E-state index in [2.05, 4.69) is 9.97 Å². The number of nitrogen functional groups attached to an aromatic ring is 1. The van der Waals surface area contributed by atoms with E-state index in [0.29, 0.717) is 17.0 Å². The van der Waals surface area contributed by atoms with Gasteiger partial charge < -0.3 is 10.3 Å². The first kappa shape index (κ1) is 12.1. The van der Waals surface area contributed by atoms with Gasteiger partial charge in [-0.15, -0.1) is 11.3 Å². The first-order chi connectivity index (χ1) is 9.08. The molecule has 3 aromatic rings. The fourth-order valence-electron chi connectivity index (χ4n) is 2.20. The molecule has 0 bridgehead atoms. The number of imidazole rings is 1. The average Bonchev–Trinajstić information content (AvgIpc) is 2.97. The molecule has 2 heterocycles. The highest BCUT2D eigenvalue weighted by Crippen LogP contribution is 2.29. The molecule has 6 heteroatoms. The fraction of sp³-hybridized carbons (Fsp3) is 0.231. The Balaban J connectivity index is 2.23. The maximum Gasteiger partial charge on any atom is 0.201 e. The van der Waals surface area contributed by atoms with Crippen molar-refractivity contribution in [3.05, 3.63) is 40.1 Å². The summed E-state index contributed by atoms with van der Waals surface area (Å²) >= 11 is 1.56. The van der Waals surface area contributed by atoms with Crippen molar-refractivity contribution in [2.75, 3.05) is 5.73 Å². The molecule has 0 aliphatic heterocycles. The zero-order valence-corrected chi connectivity index (χ0v) is 11.4. The Hall–Kier alpha value is -1.95. The van der Waals surface area contributed by atoms with Gasteiger partial charge in [-0.25, -0.2) is 14.4 Å². The fourth-order valence-corrected chi connectivity index (χ4v) is 2.88. The lowest BCUT2D eigenvalue weighted by molar-refractivity contribution is 0.619. The third kappa shape index (κ3) is 1.88. The van der Waals surface area contributed by atoms with Crippen LogP contribution in [0.3, 0.4) is 0 Å². The van der Waals surface area contributed by atoms with E-state index in [0.717, 1.165) is 10.5 Å². The average molecular weight is 276 g/mol. The Bertz CT molecular complexity index is 733. The van der Waals surface area contributed by atoms with E-state index in [1.165, 1.54) is 6.07 Å². The smallest absolute Gasteiger partial charge is 0.201 e. The van der Waals surface area contributed by atoms with E-state index in [-0.39, 0.29) is 11.9 Å². The van der Waals surface area contributed by atoms with Crippen LogP contribution in [0, 0.1) is 12.7 Å². The molecular formula is C13H13FN4S. The summed E-state index contributed by atoms with van der Waals surface area (Å²) in [7, 11) is 0. The molecule has 0 aliphatic carbocycles. The largest absolute Gasteiger partial charge is 0.369 e. The second-order valence-electron chi connectivity index (χ2n) is 4.48. The summed E-state index contributed by atoms with van der Waals surface area (Å²) in [6.45, 7) is 3.74. The Morgan fingerprint density at radius 3 is 2.89 bits per heavy atom. The number of thiazole rings is 1. The highest BCUT2D eigenvalue weighted by atomic mass is 32.1. The summed E-state index contributed by atoms with van der Waals surface area (Å²) in [5, 5.41) is 2.87. The quantitative estimate of drug-likeness (QED) is 0.782. The SMILES string of the molecule is Cc1cc2c(cc1F)nc(N)n2C(C)c1nccs1. The molecule has 2 N–H and O–H groups in total. The molecule has 1 unspecified atom stereocenters. The van der Waals surface area contributed by atoms with Crippen LogP contribution in [-0.4, -0.2) is 14.5 Å². The summed E-state index contributed by atoms with van der Waals surface area (Å²) in [5.41, 5.74) is 7.96. The number of benzene rings is 1. The molecule has 3 rings (SSSR count). The monoisotopic (exact) mass is 276 g/mol. The van der Waals surface area contributed by atoms with Gasteiger partial charge in [0.2, 0.25) is 5.95 Å². The number of anilines is 1. The van der Waals surface area contributed by atoms with Crippen LogP contribution >= 0.6 is 11.3 Å². The van der Waals surface area contributed by atoms with Crippen LogP contribution in [0.15, 0.2) is 23.7 Å². The normalized spacial score (nSPS) is 13.0. The summed E-state index contributed by atoms with van der Waals surface area (Å²) in [5.74, 6) is 0.113. The Labute approximate surface area is 113 Å². The van der Waals surface area contributed by atoms with Gasteiger partial charge in [-0.1, -0.05) is 0 Å².